The highest BCUT2D eigenvalue weighted by atomic mass is 79.9. The summed E-state index contributed by atoms with van der Waals surface area (Å²) in [6.07, 6.45) is 0.771. The van der Waals surface area contributed by atoms with Gasteiger partial charge in [-0.3, -0.25) is 0 Å². The number of hydrogen-bond acceptors (Lipinski definition) is 2. The van der Waals surface area contributed by atoms with E-state index >= 15 is 0 Å². The van der Waals surface area contributed by atoms with Crippen LogP contribution in [0.2, 0.25) is 0 Å². The molecule has 0 saturated heterocycles. The summed E-state index contributed by atoms with van der Waals surface area (Å²) < 4.78 is 6.80. The summed E-state index contributed by atoms with van der Waals surface area (Å²) in [6.45, 7) is 6.35. The topological polar surface area (TPSA) is 21.3 Å². The normalized spacial score (nSPS) is 9.59. The van der Waals surface area contributed by atoms with Crippen LogP contribution in [0.5, 0.6) is 5.75 Å². The van der Waals surface area contributed by atoms with Crippen LogP contribution in [-0.2, 0) is 6.54 Å². The lowest BCUT2D eigenvalue weighted by atomic mass is 10.2. The van der Waals surface area contributed by atoms with E-state index in [2.05, 4.69) is 46.1 Å². The van der Waals surface area contributed by atoms with Crippen molar-refractivity contribution in [3.8, 4) is 17.6 Å². The van der Waals surface area contributed by atoms with Crippen LogP contribution in [0.1, 0.15) is 25.8 Å². The van der Waals surface area contributed by atoms with Gasteiger partial charge in [-0.1, -0.05) is 22.9 Å². The van der Waals surface area contributed by atoms with Crippen LogP contribution in [0.15, 0.2) is 22.7 Å². The summed E-state index contributed by atoms with van der Waals surface area (Å²) in [5.74, 6) is 6.79. The first-order valence-electron chi connectivity index (χ1n) is 5.79. The van der Waals surface area contributed by atoms with Crippen molar-refractivity contribution in [2.24, 2.45) is 0 Å². The van der Waals surface area contributed by atoms with Gasteiger partial charge >= 0.3 is 0 Å². The third-order valence-electron chi connectivity index (χ3n) is 2.25. The van der Waals surface area contributed by atoms with Crippen molar-refractivity contribution >= 4 is 15.9 Å². The molecular formula is C14H18BrNO. The lowest BCUT2D eigenvalue weighted by Gasteiger charge is -2.11. The molecule has 1 rings (SSSR count). The van der Waals surface area contributed by atoms with Crippen LogP contribution >= 0.6 is 15.9 Å². The van der Waals surface area contributed by atoms with Gasteiger partial charge in [0.15, 0.2) is 0 Å². The first kappa shape index (κ1) is 14.1. The Bertz CT molecular complexity index is 406. The third kappa shape index (κ3) is 5.25. The predicted octanol–water partition coefficient (Wildman–Crippen LogP) is 3.35. The SMILES string of the molecule is CC#CCCOc1ccc(Br)cc1CNCC. The van der Waals surface area contributed by atoms with Crippen LogP contribution in [0.25, 0.3) is 0 Å². The molecule has 17 heavy (non-hydrogen) atoms. The molecule has 0 fully saturated rings. The predicted molar refractivity (Wildman–Crippen MR) is 75.1 cm³/mol. The Hall–Kier alpha value is -0.980. The van der Waals surface area contributed by atoms with Crippen molar-refractivity contribution in [2.75, 3.05) is 13.2 Å². The summed E-state index contributed by atoms with van der Waals surface area (Å²) in [5.41, 5.74) is 1.17. The molecule has 0 aliphatic carbocycles. The van der Waals surface area contributed by atoms with E-state index in [1.54, 1.807) is 0 Å². The molecule has 1 aromatic rings. The molecule has 0 amide bonds. The van der Waals surface area contributed by atoms with Gasteiger partial charge in [0.1, 0.15) is 5.75 Å². The fraction of sp³-hybridized carbons (Fsp3) is 0.429. The Labute approximate surface area is 112 Å². The van der Waals surface area contributed by atoms with E-state index in [0.717, 1.165) is 29.7 Å². The van der Waals surface area contributed by atoms with Crippen molar-refractivity contribution in [1.29, 1.82) is 0 Å². The van der Waals surface area contributed by atoms with Gasteiger partial charge in [-0.2, -0.15) is 0 Å². The Balaban J connectivity index is 2.63. The molecule has 0 unspecified atom stereocenters. The standard InChI is InChI=1S/C14H18BrNO/c1-3-5-6-9-17-14-8-7-13(15)10-12(14)11-16-4-2/h7-8,10,16H,4,6,9,11H2,1-2H3. The van der Waals surface area contributed by atoms with E-state index in [-0.39, 0.29) is 0 Å². The summed E-state index contributed by atoms with van der Waals surface area (Å²) in [6, 6.07) is 6.08. The molecule has 92 valence electrons. The highest BCUT2D eigenvalue weighted by Crippen LogP contribution is 2.23. The second-order valence-electron chi connectivity index (χ2n) is 3.56. The minimum atomic E-state index is 0.640. The van der Waals surface area contributed by atoms with Gasteiger partial charge in [0, 0.05) is 23.0 Å². The molecule has 2 nitrogen and oxygen atoms in total. The van der Waals surface area contributed by atoms with Crippen molar-refractivity contribution in [2.45, 2.75) is 26.8 Å². The Kier molecular flexibility index (Phi) is 6.76. The molecule has 0 heterocycles. The van der Waals surface area contributed by atoms with Crippen LogP contribution < -0.4 is 10.1 Å². The maximum absolute atomic E-state index is 5.73. The first-order valence-corrected chi connectivity index (χ1v) is 6.58. The quantitative estimate of drug-likeness (QED) is 0.642. The van der Waals surface area contributed by atoms with Crippen molar-refractivity contribution < 1.29 is 4.74 Å². The monoisotopic (exact) mass is 295 g/mol. The van der Waals surface area contributed by atoms with Gasteiger partial charge in [0.05, 0.1) is 6.61 Å². The fourth-order valence-corrected chi connectivity index (χ4v) is 1.83. The molecule has 0 atom stereocenters. The van der Waals surface area contributed by atoms with Crippen LogP contribution in [0, 0.1) is 11.8 Å². The van der Waals surface area contributed by atoms with E-state index in [1.807, 2.05) is 19.1 Å². The Morgan fingerprint density at radius 3 is 2.94 bits per heavy atom. The Morgan fingerprint density at radius 2 is 2.24 bits per heavy atom. The second-order valence-corrected chi connectivity index (χ2v) is 4.47. The van der Waals surface area contributed by atoms with Crippen molar-refractivity contribution in [1.82, 2.24) is 5.32 Å². The van der Waals surface area contributed by atoms with Crippen LogP contribution in [-0.4, -0.2) is 13.2 Å². The smallest absolute Gasteiger partial charge is 0.123 e. The number of nitrogens with one attached hydrogen (secondary N) is 1. The first-order chi connectivity index (χ1) is 8.27. The highest BCUT2D eigenvalue weighted by Gasteiger charge is 2.03. The fourth-order valence-electron chi connectivity index (χ4n) is 1.42. The van der Waals surface area contributed by atoms with E-state index in [4.69, 9.17) is 4.74 Å². The Morgan fingerprint density at radius 1 is 1.41 bits per heavy atom. The maximum atomic E-state index is 5.73. The van der Waals surface area contributed by atoms with Gasteiger partial charge in [0.2, 0.25) is 0 Å². The van der Waals surface area contributed by atoms with E-state index in [9.17, 15) is 0 Å². The molecule has 0 aromatic heterocycles. The van der Waals surface area contributed by atoms with Gasteiger partial charge in [0.25, 0.3) is 0 Å². The maximum Gasteiger partial charge on any atom is 0.123 e. The summed E-state index contributed by atoms with van der Waals surface area (Å²) in [4.78, 5) is 0. The van der Waals surface area contributed by atoms with Crippen LogP contribution in [0.3, 0.4) is 0 Å². The molecular weight excluding hydrogens is 278 g/mol. The molecule has 0 spiro atoms. The lowest BCUT2D eigenvalue weighted by Crippen LogP contribution is -2.13. The average molecular weight is 296 g/mol. The van der Waals surface area contributed by atoms with E-state index in [1.165, 1.54) is 5.56 Å². The van der Waals surface area contributed by atoms with Gasteiger partial charge in [-0.25, -0.2) is 0 Å². The van der Waals surface area contributed by atoms with E-state index in [0.29, 0.717) is 6.61 Å². The van der Waals surface area contributed by atoms with Crippen molar-refractivity contribution in [3.63, 3.8) is 0 Å². The van der Waals surface area contributed by atoms with Crippen molar-refractivity contribution in [3.05, 3.63) is 28.2 Å². The molecule has 0 saturated carbocycles. The van der Waals surface area contributed by atoms with Gasteiger partial charge in [-0.15, -0.1) is 11.8 Å². The molecule has 0 radical (unpaired) electrons. The van der Waals surface area contributed by atoms with Gasteiger partial charge in [-0.05, 0) is 31.7 Å². The number of rotatable bonds is 6. The highest BCUT2D eigenvalue weighted by molar-refractivity contribution is 9.10. The molecule has 0 bridgehead atoms. The lowest BCUT2D eigenvalue weighted by molar-refractivity contribution is 0.323. The summed E-state index contributed by atoms with van der Waals surface area (Å²) in [7, 11) is 0. The minimum Gasteiger partial charge on any atom is -0.492 e. The number of benzene rings is 1. The molecule has 0 aliphatic rings. The molecule has 3 heteroatoms. The minimum absolute atomic E-state index is 0.640. The molecule has 1 aromatic carbocycles. The van der Waals surface area contributed by atoms with Crippen LogP contribution in [0.4, 0.5) is 0 Å². The van der Waals surface area contributed by atoms with Gasteiger partial charge < -0.3 is 10.1 Å². The number of ether oxygens (including phenoxy) is 1. The van der Waals surface area contributed by atoms with E-state index < -0.39 is 0 Å². The average Bonchev–Trinajstić information content (AvgIpc) is 2.34. The summed E-state index contributed by atoms with van der Waals surface area (Å²) >= 11 is 3.48. The molecule has 1 N–H and O–H groups in total. The second kappa shape index (κ2) is 8.16. The molecule has 0 aliphatic heterocycles. The number of hydrogen-bond donors (Lipinski definition) is 1. The zero-order valence-electron chi connectivity index (χ0n) is 10.3. The summed E-state index contributed by atoms with van der Waals surface area (Å²) in [5, 5.41) is 3.30. The zero-order valence-corrected chi connectivity index (χ0v) is 11.9. The zero-order chi connectivity index (χ0) is 12.5. The third-order valence-corrected chi connectivity index (χ3v) is 2.74. The largest absolute Gasteiger partial charge is 0.492 e. The number of halogens is 1.